The van der Waals surface area contributed by atoms with Crippen LogP contribution in [-0.4, -0.2) is 20.3 Å². The van der Waals surface area contributed by atoms with Gasteiger partial charge in [-0.1, -0.05) is 19.4 Å². The van der Waals surface area contributed by atoms with Crippen molar-refractivity contribution in [3.05, 3.63) is 23.8 Å². The molecule has 1 aliphatic carbocycles. The van der Waals surface area contributed by atoms with E-state index in [2.05, 4.69) is 25.2 Å². The topological polar surface area (TPSA) is 30.5 Å². The second-order valence-electron chi connectivity index (χ2n) is 5.93. The molecule has 0 bridgehead atoms. The number of rotatable bonds is 5. The smallest absolute Gasteiger partial charge is 0.128 e. The Morgan fingerprint density at radius 3 is 2.75 bits per heavy atom. The van der Waals surface area contributed by atoms with E-state index in [4.69, 9.17) is 9.47 Å². The van der Waals surface area contributed by atoms with Crippen LogP contribution in [0.15, 0.2) is 18.2 Å². The third-order valence-corrected chi connectivity index (χ3v) is 4.30. The zero-order chi connectivity index (χ0) is 14.5. The lowest BCUT2D eigenvalue weighted by molar-refractivity contribution is 0.127. The number of methoxy groups -OCH3 is 1. The van der Waals surface area contributed by atoms with Gasteiger partial charge in [0.15, 0.2) is 0 Å². The molecule has 1 aliphatic rings. The highest BCUT2D eigenvalue weighted by molar-refractivity contribution is 5.42. The van der Waals surface area contributed by atoms with Gasteiger partial charge in [-0.15, -0.1) is 0 Å². The molecule has 1 N–H and O–H groups in total. The van der Waals surface area contributed by atoms with Crippen LogP contribution in [0.3, 0.4) is 0 Å². The first-order valence-corrected chi connectivity index (χ1v) is 7.66. The molecule has 1 aromatic rings. The molecule has 0 radical (unpaired) electrons. The van der Waals surface area contributed by atoms with E-state index in [0.29, 0.717) is 6.10 Å². The Morgan fingerprint density at radius 2 is 2.10 bits per heavy atom. The van der Waals surface area contributed by atoms with Crippen molar-refractivity contribution < 1.29 is 9.47 Å². The first-order chi connectivity index (χ1) is 9.63. The maximum atomic E-state index is 6.30. The van der Waals surface area contributed by atoms with Crippen molar-refractivity contribution >= 4 is 0 Å². The highest BCUT2D eigenvalue weighted by atomic mass is 16.5. The summed E-state index contributed by atoms with van der Waals surface area (Å²) in [6.07, 6.45) is 5.26. The molecule has 3 nitrogen and oxygen atoms in total. The van der Waals surface area contributed by atoms with E-state index in [0.717, 1.165) is 30.3 Å². The van der Waals surface area contributed by atoms with E-state index < -0.39 is 0 Å². The van der Waals surface area contributed by atoms with Gasteiger partial charge in [-0.25, -0.2) is 0 Å². The summed E-state index contributed by atoms with van der Waals surface area (Å²) in [4.78, 5) is 0. The molecule has 1 saturated carbocycles. The highest BCUT2D eigenvalue weighted by Crippen LogP contribution is 2.33. The number of hydrogen-bond acceptors (Lipinski definition) is 3. The molecule has 3 unspecified atom stereocenters. The zero-order valence-corrected chi connectivity index (χ0v) is 13.1. The molecule has 1 aromatic carbocycles. The van der Waals surface area contributed by atoms with Crippen molar-refractivity contribution in [2.75, 3.05) is 14.2 Å². The molecule has 0 aliphatic heterocycles. The van der Waals surface area contributed by atoms with Gasteiger partial charge in [0.2, 0.25) is 0 Å². The first kappa shape index (κ1) is 15.2. The summed E-state index contributed by atoms with van der Waals surface area (Å²) in [6, 6.07) is 6.39. The molecule has 112 valence electrons. The fourth-order valence-corrected chi connectivity index (χ4v) is 2.92. The van der Waals surface area contributed by atoms with Crippen LogP contribution in [0.4, 0.5) is 0 Å². The van der Waals surface area contributed by atoms with Gasteiger partial charge in [0, 0.05) is 17.7 Å². The quantitative estimate of drug-likeness (QED) is 0.884. The van der Waals surface area contributed by atoms with Crippen LogP contribution in [0.25, 0.3) is 0 Å². The molecule has 0 aromatic heterocycles. The number of hydrogen-bond donors (Lipinski definition) is 1. The Bertz CT molecular complexity index is 433. The minimum absolute atomic E-state index is 0.275. The van der Waals surface area contributed by atoms with Gasteiger partial charge < -0.3 is 14.8 Å². The standard InChI is InChI=1S/C17H27NO2/c1-12-6-5-7-15(10-12)20-17-11-14(19-4)8-9-16(17)13(2)18-3/h8-9,11-13,15,18H,5-7,10H2,1-4H3. The zero-order valence-electron chi connectivity index (χ0n) is 13.1. The predicted octanol–water partition coefficient (Wildman–Crippen LogP) is 3.93. The van der Waals surface area contributed by atoms with E-state index >= 15 is 0 Å². The summed E-state index contributed by atoms with van der Waals surface area (Å²) in [5.41, 5.74) is 1.20. The Balaban J connectivity index is 2.18. The van der Waals surface area contributed by atoms with Crippen molar-refractivity contribution in [3.63, 3.8) is 0 Å². The monoisotopic (exact) mass is 277 g/mol. The summed E-state index contributed by atoms with van der Waals surface area (Å²) in [7, 11) is 3.67. The van der Waals surface area contributed by atoms with E-state index in [1.54, 1.807) is 7.11 Å². The van der Waals surface area contributed by atoms with Crippen molar-refractivity contribution in [1.29, 1.82) is 0 Å². The van der Waals surface area contributed by atoms with Gasteiger partial charge in [0.05, 0.1) is 13.2 Å². The van der Waals surface area contributed by atoms with Gasteiger partial charge in [-0.05, 0) is 45.2 Å². The Morgan fingerprint density at radius 1 is 1.30 bits per heavy atom. The molecular formula is C17H27NO2. The van der Waals surface area contributed by atoms with Crippen molar-refractivity contribution in [1.82, 2.24) is 5.32 Å². The number of benzene rings is 1. The minimum Gasteiger partial charge on any atom is -0.497 e. The number of nitrogens with one attached hydrogen (secondary N) is 1. The molecule has 3 heteroatoms. The third-order valence-electron chi connectivity index (χ3n) is 4.30. The molecule has 0 spiro atoms. The van der Waals surface area contributed by atoms with Crippen LogP contribution in [0, 0.1) is 5.92 Å². The van der Waals surface area contributed by atoms with E-state index in [-0.39, 0.29) is 6.04 Å². The predicted molar refractivity (Wildman–Crippen MR) is 82.5 cm³/mol. The summed E-state index contributed by atoms with van der Waals surface area (Å²) >= 11 is 0. The summed E-state index contributed by atoms with van der Waals surface area (Å²) in [5.74, 6) is 2.59. The second kappa shape index (κ2) is 6.98. The first-order valence-electron chi connectivity index (χ1n) is 7.66. The van der Waals surface area contributed by atoms with Gasteiger partial charge in [-0.3, -0.25) is 0 Å². The van der Waals surface area contributed by atoms with Crippen LogP contribution < -0.4 is 14.8 Å². The molecule has 1 fully saturated rings. The van der Waals surface area contributed by atoms with Gasteiger partial charge in [0.25, 0.3) is 0 Å². The van der Waals surface area contributed by atoms with Crippen LogP contribution >= 0.6 is 0 Å². The Kier molecular flexibility index (Phi) is 5.30. The van der Waals surface area contributed by atoms with Crippen LogP contribution in [0.1, 0.15) is 51.1 Å². The molecular weight excluding hydrogens is 250 g/mol. The largest absolute Gasteiger partial charge is 0.497 e. The van der Waals surface area contributed by atoms with Crippen molar-refractivity contribution in [2.24, 2.45) is 5.92 Å². The number of ether oxygens (including phenoxy) is 2. The van der Waals surface area contributed by atoms with E-state index in [1.807, 2.05) is 19.2 Å². The lowest BCUT2D eigenvalue weighted by atomic mass is 9.88. The Hall–Kier alpha value is -1.22. The summed E-state index contributed by atoms with van der Waals surface area (Å²) in [6.45, 7) is 4.47. The Labute approximate surface area is 122 Å². The van der Waals surface area contributed by atoms with Gasteiger partial charge in [0.1, 0.15) is 11.5 Å². The van der Waals surface area contributed by atoms with E-state index in [9.17, 15) is 0 Å². The maximum absolute atomic E-state index is 6.30. The fourth-order valence-electron chi connectivity index (χ4n) is 2.92. The van der Waals surface area contributed by atoms with Gasteiger partial charge in [-0.2, -0.15) is 0 Å². The van der Waals surface area contributed by atoms with Crippen LogP contribution in [0.2, 0.25) is 0 Å². The summed E-state index contributed by atoms with van der Waals surface area (Å²) in [5, 5.41) is 3.28. The molecule has 0 heterocycles. The maximum Gasteiger partial charge on any atom is 0.128 e. The minimum atomic E-state index is 0.275. The fraction of sp³-hybridized carbons (Fsp3) is 0.647. The molecule has 3 atom stereocenters. The lowest BCUT2D eigenvalue weighted by Gasteiger charge is -2.29. The third kappa shape index (κ3) is 3.66. The highest BCUT2D eigenvalue weighted by Gasteiger charge is 2.22. The molecule has 0 amide bonds. The SMILES string of the molecule is CNC(C)c1ccc(OC)cc1OC1CCCC(C)C1. The molecule has 20 heavy (non-hydrogen) atoms. The van der Waals surface area contributed by atoms with Crippen molar-refractivity contribution in [2.45, 2.75) is 51.7 Å². The van der Waals surface area contributed by atoms with Gasteiger partial charge >= 0.3 is 0 Å². The van der Waals surface area contributed by atoms with Crippen LogP contribution in [0.5, 0.6) is 11.5 Å². The van der Waals surface area contributed by atoms with Crippen LogP contribution in [-0.2, 0) is 0 Å². The average molecular weight is 277 g/mol. The summed E-state index contributed by atoms with van der Waals surface area (Å²) < 4.78 is 11.6. The normalized spacial score (nSPS) is 24.2. The molecule has 0 saturated heterocycles. The second-order valence-corrected chi connectivity index (χ2v) is 5.93. The molecule has 2 rings (SSSR count). The van der Waals surface area contributed by atoms with Crippen molar-refractivity contribution in [3.8, 4) is 11.5 Å². The average Bonchev–Trinajstić information content (AvgIpc) is 2.46. The lowest BCUT2D eigenvalue weighted by Crippen LogP contribution is -2.25. The van der Waals surface area contributed by atoms with E-state index in [1.165, 1.54) is 18.4 Å².